The molecule has 1 aliphatic heterocycles. The Labute approximate surface area is 326 Å². The third-order valence-electron chi connectivity index (χ3n) is 11.3. The molecule has 3 unspecified atom stereocenters. The summed E-state index contributed by atoms with van der Waals surface area (Å²) in [5.74, 6) is 1.01. The fourth-order valence-corrected chi connectivity index (χ4v) is 8.33. The number of hydrogen-bond acceptors (Lipinski definition) is 6. The second kappa shape index (κ2) is 14.3. The average Bonchev–Trinajstić information content (AvgIpc) is 3.58. The van der Waals surface area contributed by atoms with Gasteiger partial charge in [-0.3, -0.25) is 19.4 Å². The van der Waals surface area contributed by atoms with Crippen molar-refractivity contribution in [3.05, 3.63) is 120 Å². The molecule has 56 heavy (non-hydrogen) atoms. The van der Waals surface area contributed by atoms with Gasteiger partial charge in [-0.05, 0) is 86.8 Å². The Kier molecular flexibility index (Phi) is 9.10. The molecule has 0 radical (unpaired) electrons. The maximum absolute atomic E-state index is 16.0. The summed E-state index contributed by atoms with van der Waals surface area (Å²) in [6.45, 7) is 12.5. The van der Waals surface area contributed by atoms with Gasteiger partial charge in [0.05, 0.1) is 29.3 Å². The average molecular weight is 748 g/mol. The van der Waals surface area contributed by atoms with E-state index in [1.165, 1.54) is 4.68 Å². The molecule has 11 heteroatoms. The van der Waals surface area contributed by atoms with E-state index in [2.05, 4.69) is 65.2 Å². The number of carbonyl (C=O) groups is 1. The van der Waals surface area contributed by atoms with Gasteiger partial charge in [0.25, 0.3) is 5.91 Å². The van der Waals surface area contributed by atoms with E-state index in [9.17, 15) is 4.79 Å². The number of pyridine rings is 3. The highest BCUT2D eigenvalue weighted by Crippen LogP contribution is 2.45. The van der Waals surface area contributed by atoms with Crippen LogP contribution in [-0.2, 0) is 19.6 Å². The van der Waals surface area contributed by atoms with E-state index in [-0.39, 0.29) is 17.9 Å². The fourth-order valence-electron chi connectivity index (χ4n) is 8.33. The van der Waals surface area contributed by atoms with Crippen LogP contribution in [0.15, 0.2) is 91.8 Å². The van der Waals surface area contributed by atoms with Gasteiger partial charge in [0.15, 0.2) is 0 Å². The number of halogens is 1. The lowest BCUT2D eigenvalue weighted by Crippen LogP contribution is -2.27. The smallest absolute Gasteiger partial charge is 0.254 e. The lowest BCUT2D eigenvalue weighted by Gasteiger charge is -2.17. The molecule has 10 nitrogen and oxygen atoms in total. The predicted molar refractivity (Wildman–Crippen MR) is 215 cm³/mol. The van der Waals surface area contributed by atoms with E-state index in [1.54, 1.807) is 12.4 Å². The third kappa shape index (κ3) is 6.80. The zero-order chi connectivity index (χ0) is 38.7. The minimum atomic E-state index is -0.357. The van der Waals surface area contributed by atoms with Crippen molar-refractivity contribution in [2.75, 3.05) is 0 Å². The van der Waals surface area contributed by atoms with Gasteiger partial charge < -0.3 is 9.30 Å². The van der Waals surface area contributed by atoms with Gasteiger partial charge in [-0.2, -0.15) is 14.6 Å². The topological polar surface area (TPSA) is 99.0 Å². The Morgan fingerprint density at radius 1 is 0.821 bits per heavy atom. The van der Waals surface area contributed by atoms with Crippen LogP contribution in [0.1, 0.15) is 67.3 Å². The Morgan fingerprint density at radius 3 is 2.39 bits per heavy atom. The highest BCUT2D eigenvalue weighted by molar-refractivity contribution is 6.00. The predicted octanol–water partition coefficient (Wildman–Crippen LogP) is 9.06. The van der Waals surface area contributed by atoms with Crippen LogP contribution in [0.4, 0.5) is 4.39 Å². The van der Waals surface area contributed by atoms with Crippen LogP contribution in [0.3, 0.4) is 0 Å². The van der Waals surface area contributed by atoms with Crippen molar-refractivity contribution in [1.82, 2.24) is 43.8 Å². The molecule has 1 saturated carbocycles. The molecule has 1 aliphatic carbocycles. The first-order valence-corrected chi connectivity index (χ1v) is 19.7. The third-order valence-corrected chi connectivity index (χ3v) is 11.3. The number of aryl methyl sites for hydroxylation is 3. The van der Waals surface area contributed by atoms with Gasteiger partial charge in [-0.25, -0.2) is 9.67 Å². The largest absolute Gasteiger partial charge is 0.331 e. The van der Waals surface area contributed by atoms with Crippen LogP contribution in [0.2, 0.25) is 0 Å². The molecular weight excluding hydrogens is 702 g/mol. The van der Waals surface area contributed by atoms with Crippen molar-refractivity contribution < 1.29 is 9.18 Å². The Morgan fingerprint density at radius 2 is 1.59 bits per heavy atom. The number of fused-ring (bicyclic) bond motifs is 2. The number of benzene rings is 1. The monoisotopic (exact) mass is 747 g/mol. The molecule has 0 saturated heterocycles. The maximum Gasteiger partial charge on any atom is 0.254 e. The molecule has 6 aromatic heterocycles. The molecule has 9 rings (SSSR count). The summed E-state index contributed by atoms with van der Waals surface area (Å²) < 4.78 is 21.4. The number of nitrogens with zero attached hydrogens (tertiary/aromatic N) is 9. The van der Waals surface area contributed by atoms with Gasteiger partial charge in [0.1, 0.15) is 5.65 Å². The first-order chi connectivity index (χ1) is 27.1. The standard InChI is InChI=1S/C45H46FN9O/c1-27(2)24-53-25-35(22-48-53)36-10-6-29(4)50-42(36)31-8-9-33-26-54(45(56)38(33)19-31)40-20-34(40)18-28(3)12-16-55-44(46)39(23-49-55)37-11-7-30(5)51-43(37)32-13-15-52-17-14-47-41(52)21-32/h6-11,13-15,17,19,21-23,25,27-28,34,40H,12,16,18,20,24,26H2,1-5H3. The van der Waals surface area contributed by atoms with Gasteiger partial charge in [-0.1, -0.05) is 45.0 Å². The molecule has 7 aromatic rings. The molecule has 7 heterocycles. The normalized spacial score (nSPS) is 17.0. The van der Waals surface area contributed by atoms with E-state index >= 15 is 4.39 Å². The number of imidazole rings is 1. The highest BCUT2D eigenvalue weighted by Gasteiger charge is 2.46. The maximum atomic E-state index is 16.0. The first kappa shape index (κ1) is 35.7. The summed E-state index contributed by atoms with van der Waals surface area (Å²) in [5, 5.41) is 9.06. The highest BCUT2D eigenvalue weighted by atomic mass is 19.1. The van der Waals surface area contributed by atoms with Crippen LogP contribution in [0.25, 0.3) is 50.4 Å². The van der Waals surface area contributed by atoms with E-state index < -0.39 is 0 Å². The Hall–Kier alpha value is -5.97. The van der Waals surface area contributed by atoms with E-state index in [4.69, 9.17) is 9.97 Å². The van der Waals surface area contributed by atoms with Crippen LogP contribution >= 0.6 is 0 Å². The SMILES string of the molecule is Cc1ccc(-c2cnn(CC(C)C)c2)c(-c2ccc3c(c2)C(=O)N(C2CC2CC(C)CCn2ncc(-c4ccc(C)nc4-c4ccn5ccnc5c4)c2F)C3)n1. The summed E-state index contributed by atoms with van der Waals surface area (Å²) in [5.41, 5.74) is 11.0. The van der Waals surface area contributed by atoms with E-state index in [0.29, 0.717) is 47.7 Å². The molecule has 3 atom stereocenters. The number of amides is 1. The molecule has 284 valence electrons. The van der Waals surface area contributed by atoms with Crippen LogP contribution in [0, 0.1) is 37.5 Å². The van der Waals surface area contributed by atoms with Gasteiger partial charge in [0, 0.05) is 95.2 Å². The molecule has 1 amide bonds. The molecule has 0 bridgehead atoms. The second-order valence-corrected chi connectivity index (χ2v) is 16.2. The van der Waals surface area contributed by atoms with Crippen molar-refractivity contribution in [3.8, 4) is 44.8 Å². The van der Waals surface area contributed by atoms with Gasteiger partial charge in [-0.15, -0.1) is 0 Å². The van der Waals surface area contributed by atoms with Crippen LogP contribution in [0.5, 0.6) is 0 Å². The van der Waals surface area contributed by atoms with Crippen molar-refractivity contribution in [2.45, 2.75) is 79.6 Å². The first-order valence-electron chi connectivity index (χ1n) is 19.7. The minimum Gasteiger partial charge on any atom is -0.331 e. The fraction of sp³-hybridized carbons (Fsp3) is 0.333. The molecule has 0 N–H and O–H groups in total. The summed E-state index contributed by atoms with van der Waals surface area (Å²) >= 11 is 0. The van der Waals surface area contributed by atoms with E-state index in [0.717, 1.165) is 81.9 Å². The van der Waals surface area contributed by atoms with Crippen LogP contribution < -0.4 is 0 Å². The number of rotatable bonds is 12. The minimum absolute atomic E-state index is 0.0989. The summed E-state index contributed by atoms with van der Waals surface area (Å²) in [6, 6.07) is 18.4. The molecule has 0 spiro atoms. The quantitative estimate of drug-likeness (QED) is 0.124. The van der Waals surface area contributed by atoms with Gasteiger partial charge in [0.2, 0.25) is 5.95 Å². The zero-order valence-electron chi connectivity index (χ0n) is 32.5. The number of carbonyl (C=O) groups excluding carboxylic acids is 1. The van der Waals surface area contributed by atoms with Crippen molar-refractivity contribution in [3.63, 3.8) is 0 Å². The number of aromatic nitrogens is 8. The van der Waals surface area contributed by atoms with Gasteiger partial charge >= 0.3 is 0 Å². The van der Waals surface area contributed by atoms with Crippen molar-refractivity contribution in [1.29, 1.82) is 0 Å². The summed E-state index contributed by atoms with van der Waals surface area (Å²) in [7, 11) is 0. The Bertz CT molecular complexity index is 2600. The van der Waals surface area contributed by atoms with Crippen LogP contribution in [-0.4, -0.2) is 55.8 Å². The number of hydrogen-bond donors (Lipinski definition) is 0. The molecular formula is C45H46FN9O. The molecule has 1 aromatic carbocycles. The zero-order valence-corrected chi connectivity index (χ0v) is 32.5. The van der Waals surface area contributed by atoms with Crippen molar-refractivity contribution >= 4 is 11.6 Å². The summed E-state index contributed by atoms with van der Waals surface area (Å²) in [6.07, 6.45) is 13.9. The Balaban J connectivity index is 0.844. The second-order valence-electron chi connectivity index (χ2n) is 16.2. The lowest BCUT2D eigenvalue weighted by atomic mass is 9.98. The molecule has 2 aliphatic rings. The van der Waals surface area contributed by atoms with E-state index in [1.807, 2.05) is 77.9 Å². The van der Waals surface area contributed by atoms with Crippen molar-refractivity contribution in [2.24, 2.45) is 17.8 Å². The summed E-state index contributed by atoms with van der Waals surface area (Å²) in [4.78, 5) is 30.1. The lowest BCUT2D eigenvalue weighted by molar-refractivity contribution is 0.0755. The molecule has 1 fully saturated rings.